The van der Waals surface area contributed by atoms with Crippen LogP contribution in [0.2, 0.25) is 0 Å². The van der Waals surface area contributed by atoms with Crippen molar-refractivity contribution in [2.45, 2.75) is 32.7 Å². The summed E-state index contributed by atoms with van der Waals surface area (Å²) in [5.41, 5.74) is 0.497. The molecule has 148 valence electrons. The highest BCUT2D eigenvalue weighted by Gasteiger charge is 2.46. The summed E-state index contributed by atoms with van der Waals surface area (Å²) in [6, 6.07) is 5.72. The maximum atomic E-state index is 13.1. The van der Waals surface area contributed by atoms with E-state index < -0.39 is 23.5 Å². The first-order valence-electron chi connectivity index (χ1n) is 8.99. The lowest BCUT2D eigenvalue weighted by atomic mass is 9.96. The van der Waals surface area contributed by atoms with Crippen molar-refractivity contribution in [3.8, 4) is 0 Å². The lowest BCUT2D eigenvalue weighted by Gasteiger charge is -2.23. The number of pyridine rings is 1. The number of ketones is 1. The van der Waals surface area contributed by atoms with Crippen molar-refractivity contribution < 1.29 is 19.1 Å². The Kier molecular flexibility index (Phi) is 4.75. The van der Waals surface area contributed by atoms with Gasteiger partial charge in [-0.25, -0.2) is 0 Å². The number of aryl methyl sites for hydroxylation is 1. The fourth-order valence-corrected chi connectivity index (χ4v) is 4.01. The summed E-state index contributed by atoms with van der Waals surface area (Å²) in [6.07, 6.45) is 3.14. The molecule has 1 atom stereocenters. The zero-order valence-corrected chi connectivity index (χ0v) is 16.8. The van der Waals surface area contributed by atoms with Gasteiger partial charge in [-0.3, -0.25) is 19.5 Å². The molecule has 0 unspecified atom stereocenters. The molecule has 4 heterocycles. The van der Waals surface area contributed by atoms with Gasteiger partial charge in [0.2, 0.25) is 10.9 Å². The third kappa shape index (κ3) is 3.23. The average Bonchev–Trinajstić information content (AvgIpc) is 3.41. The van der Waals surface area contributed by atoms with Gasteiger partial charge in [0.1, 0.15) is 10.8 Å². The lowest BCUT2D eigenvalue weighted by Crippen LogP contribution is -2.31. The summed E-state index contributed by atoms with van der Waals surface area (Å²) in [6.45, 7) is 5.65. The van der Waals surface area contributed by atoms with Gasteiger partial charge in [0.15, 0.2) is 11.5 Å². The van der Waals surface area contributed by atoms with Crippen LogP contribution in [0.15, 0.2) is 52.4 Å². The van der Waals surface area contributed by atoms with E-state index in [-0.39, 0.29) is 17.3 Å². The molecular formula is C20H18N4O4S. The number of amides is 1. The number of nitrogens with zero attached hydrogens (tertiary/aromatic N) is 4. The topological polar surface area (TPSA) is 109 Å². The number of hydrogen-bond donors (Lipinski definition) is 1. The summed E-state index contributed by atoms with van der Waals surface area (Å²) in [5, 5.41) is 20.0. The number of hydrogen-bond acceptors (Lipinski definition) is 8. The van der Waals surface area contributed by atoms with Crippen LogP contribution >= 0.6 is 11.3 Å². The fourth-order valence-electron chi connectivity index (χ4n) is 3.13. The van der Waals surface area contributed by atoms with E-state index in [0.29, 0.717) is 16.5 Å². The molecular weight excluding hydrogens is 392 g/mol. The monoisotopic (exact) mass is 410 g/mol. The number of aliphatic hydroxyl groups excluding tert-OH is 1. The van der Waals surface area contributed by atoms with Gasteiger partial charge in [-0.1, -0.05) is 31.3 Å². The first kappa shape index (κ1) is 19.0. The second-order valence-electron chi connectivity index (χ2n) is 6.94. The van der Waals surface area contributed by atoms with E-state index in [1.807, 2.05) is 13.8 Å². The van der Waals surface area contributed by atoms with Gasteiger partial charge in [-0.15, -0.1) is 10.2 Å². The normalized spacial score (nSPS) is 16.9. The van der Waals surface area contributed by atoms with Gasteiger partial charge < -0.3 is 9.52 Å². The molecule has 0 bridgehead atoms. The van der Waals surface area contributed by atoms with E-state index >= 15 is 0 Å². The third-order valence-corrected chi connectivity index (χ3v) is 5.77. The van der Waals surface area contributed by atoms with Crippen molar-refractivity contribution in [3.05, 3.63) is 70.1 Å². The Bertz CT molecular complexity index is 1120. The number of rotatable bonds is 5. The van der Waals surface area contributed by atoms with Crippen molar-refractivity contribution in [1.29, 1.82) is 0 Å². The lowest BCUT2D eigenvalue weighted by molar-refractivity contribution is -0.117. The number of furan rings is 1. The zero-order chi connectivity index (χ0) is 20.7. The minimum atomic E-state index is -0.887. The van der Waals surface area contributed by atoms with Crippen molar-refractivity contribution in [1.82, 2.24) is 15.2 Å². The Morgan fingerprint density at radius 3 is 2.66 bits per heavy atom. The highest BCUT2D eigenvalue weighted by molar-refractivity contribution is 7.15. The van der Waals surface area contributed by atoms with Crippen LogP contribution in [0.3, 0.4) is 0 Å². The predicted octanol–water partition coefficient (Wildman–Crippen LogP) is 3.74. The molecule has 0 aromatic carbocycles. The molecule has 8 nitrogen and oxygen atoms in total. The Labute approximate surface area is 170 Å². The molecule has 29 heavy (non-hydrogen) atoms. The van der Waals surface area contributed by atoms with Gasteiger partial charge in [-0.2, -0.15) is 0 Å². The van der Waals surface area contributed by atoms with Crippen molar-refractivity contribution in [3.63, 3.8) is 0 Å². The van der Waals surface area contributed by atoms with Crippen molar-refractivity contribution in [2.24, 2.45) is 0 Å². The smallest absolute Gasteiger partial charge is 0.296 e. The number of aromatic nitrogens is 3. The Hall–Kier alpha value is -3.33. The van der Waals surface area contributed by atoms with Crippen molar-refractivity contribution >= 4 is 28.2 Å². The minimum Gasteiger partial charge on any atom is -0.503 e. The number of carbonyl (C=O) groups excluding carboxylic acids is 2. The van der Waals surface area contributed by atoms with Crippen LogP contribution in [0, 0.1) is 6.92 Å². The van der Waals surface area contributed by atoms with E-state index in [0.717, 1.165) is 5.01 Å². The van der Waals surface area contributed by atoms with Crippen LogP contribution in [0.1, 0.15) is 52.7 Å². The third-order valence-electron chi connectivity index (χ3n) is 4.55. The number of Topliss-reactive ketones (excluding diaryl/α,β-unsaturated/α-hetero) is 1. The summed E-state index contributed by atoms with van der Waals surface area (Å²) in [4.78, 5) is 31.5. The van der Waals surface area contributed by atoms with E-state index in [9.17, 15) is 14.7 Å². The molecule has 1 aliphatic rings. The molecule has 9 heteroatoms. The maximum absolute atomic E-state index is 13.1. The molecule has 0 radical (unpaired) electrons. The van der Waals surface area contributed by atoms with E-state index in [4.69, 9.17) is 4.42 Å². The molecule has 1 N–H and O–H groups in total. The van der Waals surface area contributed by atoms with E-state index in [1.165, 1.54) is 22.3 Å². The van der Waals surface area contributed by atoms with Gasteiger partial charge in [0.05, 0.1) is 11.6 Å². The van der Waals surface area contributed by atoms with Crippen molar-refractivity contribution in [2.75, 3.05) is 4.90 Å². The number of aliphatic hydroxyl groups is 1. The van der Waals surface area contributed by atoms with Crippen LogP contribution in [0.4, 0.5) is 5.13 Å². The Morgan fingerprint density at radius 1 is 1.28 bits per heavy atom. The molecule has 3 aromatic rings. The van der Waals surface area contributed by atoms with Crippen LogP contribution in [0.25, 0.3) is 0 Å². The highest BCUT2D eigenvalue weighted by Crippen LogP contribution is 2.43. The second kappa shape index (κ2) is 7.25. The number of carbonyl (C=O) groups is 2. The highest BCUT2D eigenvalue weighted by atomic mass is 32.1. The second-order valence-corrected chi connectivity index (χ2v) is 7.93. The molecule has 0 saturated carbocycles. The minimum absolute atomic E-state index is 0.0488. The van der Waals surface area contributed by atoms with E-state index in [1.54, 1.807) is 37.5 Å². The first-order valence-corrected chi connectivity index (χ1v) is 9.81. The molecule has 0 saturated heterocycles. The standard InChI is InChI=1S/C20H18N4O4S/c1-10(2)18-22-23-20(29-18)24-15(12-5-4-8-21-9-12)14(17(26)19(24)27)16(25)13-7-6-11(3)28-13/h4-10,15,26H,1-3H3/t15-/m1/s1. The molecule has 1 aliphatic heterocycles. The van der Waals surface area contributed by atoms with Gasteiger partial charge in [-0.05, 0) is 30.7 Å². The predicted molar refractivity (Wildman–Crippen MR) is 106 cm³/mol. The quantitative estimate of drug-likeness (QED) is 0.638. The average molecular weight is 410 g/mol. The molecule has 3 aromatic heterocycles. The van der Waals surface area contributed by atoms with E-state index in [2.05, 4.69) is 15.2 Å². The van der Waals surface area contributed by atoms with Gasteiger partial charge in [0, 0.05) is 18.3 Å². The fraction of sp³-hybridized carbons (Fsp3) is 0.250. The summed E-state index contributed by atoms with van der Waals surface area (Å²) in [5.74, 6) is -1.17. The summed E-state index contributed by atoms with van der Waals surface area (Å²) < 4.78 is 5.44. The molecule has 0 aliphatic carbocycles. The van der Waals surface area contributed by atoms with Crippen LogP contribution in [-0.2, 0) is 4.79 Å². The maximum Gasteiger partial charge on any atom is 0.296 e. The van der Waals surface area contributed by atoms with Crippen LogP contribution in [-0.4, -0.2) is 32.0 Å². The largest absolute Gasteiger partial charge is 0.503 e. The van der Waals surface area contributed by atoms with Crippen LogP contribution in [0.5, 0.6) is 0 Å². The molecule has 1 amide bonds. The Morgan fingerprint density at radius 2 is 2.07 bits per heavy atom. The molecule has 0 spiro atoms. The Balaban J connectivity index is 1.85. The molecule has 4 rings (SSSR count). The van der Waals surface area contributed by atoms with Gasteiger partial charge in [0.25, 0.3) is 5.91 Å². The summed E-state index contributed by atoms with van der Waals surface area (Å²) in [7, 11) is 0. The van der Waals surface area contributed by atoms with Gasteiger partial charge >= 0.3 is 0 Å². The molecule has 0 fully saturated rings. The number of anilines is 1. The summed E-state index contributed by atoms with van der Waals surface area (Å²) >= 11 is 1.25. The first-order chi connectivity index (χ1) is 13.9. The zero-order valence-electron chi connectivity index (χ0n) is 16.0. The van der Waals surface area contributed by atoms with Crippen LogP contribution < -0.4 is 4.90 Å². The SMILES string of the molecule is Cc1ccc(C(=O)C2=C(O)C(=O)N(c3nnc(C(C)C)s3)[C@@H]2c2cccnc2)o1.